The molecule has 2 aliphatic rings. The summed E-state index contributed by atoms with van der Waals surface area (Å²) in [6.45, 7) is 7.17. The molecule has 22 heavy (non-hydrogen) atoms. The van der Waals surface area contributed by atoms with Gasteiger partial charge in [-0.3, -0.25) is 14.7 Å². The van der Waals surface area contributed by atoms with E-state index in [9.17, 15) is 4.79 Å². The van der Waals surface area contributed by atoms with Gasteiger partial charge < -0.3 is 10.2 Å². The van der Waals surface area contributed by atoms with Crippen molar-refractivity contribution in [2.45, 2.75) is 18.9 Å². The van der Waals surface area contributed by atoms with Crippen LogP contribution in [0.1, 0.15) is 24.1 Å². The molecule has 0 bridgehead atoms. The van der Waals surface area contributed by atoms with Gasteiger partial charge in [0.1, 0.15) is 12.1 Å². The standard InChI is InChI=1S/C16H21N5O/c1-12(14-3-2-13(8-17)9-19-14)11-21-7-6-20-5-4-18-10-15(20)16(21)22/h2-3,9,12,15,18H,4-7,10-11H2,1H3/t12?,15-/m1/s1. The van der Waals surface area contributed by atoms with Crippen molar-refractivity contribution in [1.29, 1.82) is 5.26 Å². The molecule has 1 N–H and O–H groups in total. The SMILES string of the molecule is CC(CN1CCN2CCNC[C@@H]2C1=O)c1ccc(C#N)cn1. The highest BCUT2D eigenvalue weighted by molar-refractivity contribution is 5.83. The minimum atomic E-state index is -0.0105. The molecule has 2 fully saturated rings. The topological polar surface area (TPSA) is 72.3 Å². The van der Waals surface area contributed by atoms with Gasteiger partial charge in [-0.1, -0.05) is 6.92 Å². The van der Waals surface area contributed by atoms with Gasteiger partial charge in [-0.05, 0) is 12.1 Å². The smallest absolute Gasteiger partial charge is 0.241 e. The predicted molar refractivity (Wildman–Crippen MR) is 82.2 cm³/mol. The highest BCUT2D eigenvalue weighted by Gasteiger charge is 2.36. The average molecular weight is 299 g/mol. The van der Waals surface area contributed by atoms with E-state index in [1.165, 1.54) is 0 Å². The van der Waals surface area contributed by atoms with Crippen LogP contribution in [-0.2, 0) is 4.79 Å². The summed E-state index contributed by atoms with van der Waals surface area (Å²) >= 11 is 0. The number of nitriles is 1. The number of carbonyl (C=O) groups excluding carboxylic acids is 1. The molecule has 6 nitrogen and oxygen atoms in total. The molecule has 2 atom stereocenters. The van der Waals surface area contributed by atoms with Gasteiger partial charge in [0.05, 0.1) is 5.56 Å². The Morgan fingerprint density at radius 3 is 3.05 bits per heavy atom. The molecule has 2 aliphatic heterocycles. The molecule has 1 aromatic rings. The van der Waals surface area contributed by atoms with Crippen LogP contribution in [-0.4, -0.2) is 66.0 Å². The molecule has 3 heterocycles. The molecule has 0 spiro atoms. The summed E-state index contributed by atoms with van der Waals surface area (Å²) in [5, 5.41) is 12.1. The lowest BCUT2D eigenvalue weighted by molar-refractivity contribution is -0.142. The summed E-state index contributed by atoms with van der Waals surface area (Å²) in [6.07, 6.45) is 1.59. The van der Waals surface area contributed by atoms with Gasteiger partial charge >= 0.3 is 0 Å². The summed E-state index contributed by atoms with van der Waals surface area (Å²) in [5.41, 5.74) is 1.49. The minimum absolute atomic E-state index is 0.0105. The van der Waals surface area contributed by atoms with E-state index in [-0.39, 0.29) is 17.9 Å². The first-order valence-corrected chi connectivity index (χ1v) is 7.78. The Morgan fingerprint density at radius 1 is 1.45 bits per heavy atom. The number of nitrogens with zero attached hydrogens (tertiary/aromatic N) is 4. The number of rotatable bonds is 3. The lowest BCUT2D eigenvalue weighted by Gasteiger charge is -2.43. The number of nitrogens with one attached hydrogen (secondary N) is 1. The fraction of sp³-hybridized carbons (Fsp3) is 0.562. The Kier molecular flexibility index (Phi) is 4.36. The number of amides is 1. The average Bonchev–Trinajstić information content (AvgIpc) is 2.57. The zero-order chi connectivity index (χ0) is 15.5. The first kappa shape index (κ1) is 14.9. The highest BCUT2D eigenvalue weighted by Crippen LogP contribution is 2.19. The molecular weight excluding hydrogens is 278 g/mol. The Balaban J connectivity index is 1.64. The van der Waals surface area contributed by atoms with Crippen LogP contribution in [0.5, 0.6) is 0 Å². The van der Waals surface area contributed by atoms with Crippen molar-refractivity contribution in [3.8, 4) is 6.07 Å². The van der Waals surface area contributed by atoms with E-state index >= 15 is 0 Å². The van der Waals surface area contributed by atoms with E-state index in [1.54, 1.807) is 12.3 Å². The maximum atomic E-state index is 12.6. The van der Waals surface area contributed by atoms with Gasteiger partial charge in [0, 0.05) is 57.1 Å². The third kappa shape index (κ3) is 2.96. The van der Waals surface area contributed by atoms with Crippen molar-refractivity contribution in [1.82, 2.24) is 20.1 Å². The molecule has 2 saturated heterocycles. The summed E-state index contributed by atoms with van der Waals surface area (Å²) in [6, 6.07) is 5.73. The van der Waals surface area contributed by atoms with Crippen LogP contribution < -0.4 is 5.32 Å². The number of hydrogen-bond donors (Lipinski definition) is 1. The van der Waals surface area contributed by atoms with E-state index in [0.717, 1.165) is 38.4 Å². The van der Waals surface area contributed by atoms with E-state index in [0.29, 0.717) is 12.1 Å². The normalized spacial score (nSPS) is 23.7. The van der Waals surface area contributed by atoms with Crippen molar-refractivity contribution in [3.05, 3.63) is 29.6 Å². The maximum Gasteiger partial charge on any atom is 0.241 e. The number of piperazine rings is 2. The Bertz CT molecular complexity index is 579. The summed E-state index contributed by atoms with van der Waals surface area (Å²) in [5.74, 6) is 0.388. The predicted octanol–water partition coefficient (Wildman–Crippen LogP) is 0.173. The van der Waals surface area contributed by atoms with Crippen LogP contribution in [0.2, 0.25) is 0 Å². The van der Waals surface area contributed by atoms with Gasteiger partial charge in [0.2, 0.25) is 5.91 Å². The molecular formula is C16H21N5O. The molecule has 1 amide bonds. The molecule has 0 aliphatic carbocycles. The van der Waals surface area contributed by atoms with Gasteiger partial charge in [0.15, 0.2) is 0 Å². The van der Waals surface area contributed by atoms with Gasteiger partial charge in [-0.25, -0.2) is 0 Å². The van der Waals surface area contributed by atoms with Crippen LogP contribution >= 0.6 is 0 Å². The number of fused-ring (bicyclic) bond motifs is 1. The van der Waals surface area contributed by atoms with E-state index in [1.807, 2.05) is 11.0 Å². The third-order valence-electron chi connectivity index (χ3n) is 4.52. The second kappa shape index (κ2) is 6.42. The number of carbonyl (C=O) groups is 1. The van der Waals surface area contributed by atoms with Crippen molar-refractivity contribution in [2.24, 2.45) is 0 Å². The highest BCUT2D eigenvalue weighted by atomic mass is 16.2. The van der Waals surface area contributed by atoms with Crippen LogP contribution in [0.3, 0.4) is 0 Å². The number of hydrogen-bond acceptors (Lipinski definition) is 5. The van der Waals surface area contributed by atoms with Gasteiger partial charge in [-0.15, -0.1) is 0 Å². The molecule has 0 saturated carbocycles. The molecule has 116 valence electrons. The Hall–Kier alpha value is -1.97. The third-order valence-corrected chi connectivity index (χ3v) is 4.52. The zero-order valence-electron chi connectivity index (χ0n) is 12.8. The Morgan fingerprint density at radius 2 is 2.32 bits per heavy atom. The Labute approximate surface area is 130 Å². The zero-order valence-corrected chi connectivity index (χ0v) is 12.8. The fourth-order valence-corrected chi connectivity index (χ4v) is 3.20. The van der Waals surface area contributed by atoms with Crippen molar-refractivity contribution in [3.63, 3.8) is 0 Å². The molecule has 3 rings (SSSR count). The van der Waals surface area contributed by atoms with Gasteiger partial charge in [-0.2, -0.15) is 5.26 Å². The molecule has 0 radical (unpaired) electrons. The second-order valence-electron chi connectivity index (χ2n) is 6.02. The van der Waals surface area contributed by atoms with Crippen LogP contribution in [0.4, 0.5) is 0 Å². The van der Waals surface area contributed by atoms with Gasteiger partial charge in [0.25, 0.3) is 0 Å². The monoisotopic (exact) mass is 299 g/mol. The first-order valence-electron chi connectivity index (χ1n) is 7.78. The maximum absolute atomic E-state index is 12.6. The number of aromatic nitrogens is 1. The van der Waals surface area contributed by atoms with Crippen LogP contribution in [0.15, 0.2) is 18.3 Å². The molecule has 0 aromatic carbocycles. The first-order chi connectivity index (χ1) is 10.7. The lowest BCUT2D eigenvalue weighted by Crippen LogP contribution is -2.64. The molecule has 1 unspecified atom stereocenters. The summed E-state index contributed by atoms with van der Waals surface area (Å²) < 4.78 is 0. The summed E-state index contributed by atoms with van der Waals surface area (Å²) in [7, 11) is 0. The van der Waals surface area contributed by atoms with Crippen LogP contribution in [0, 0.1) is 11.3 Å². The van der Waals surface area contributed by atoms with Crippen molar-refractivity contribution < 1.29 is 4.79 Å². The fourth-order valence-electron chi connectivity index (χ4n) is 3.20. The van der Waals surface area contributed by atoms with E-state index in [2.05, 4.69) is 28.2 Å². The molecule has 1 aromatic heterocycles. The quantitative estimate of drug-likeness (QED) is 0.861. The lowest BCUT2D eigenvalue weighted by atomic mass is 10.0. The minimum Gasteiger partial charge on any atom is -0.339 e. The van der Waals surface area contributed by atoms with Crippen molar-refractivity contribution in [2.75, 3.05) is 39.3 Å². The van der Waals surface area contributed by atoms with E-state index < -0.39 is 0 Å². The second-order valence-corrected chi connectivity index (χ2v) is 6.02. The summed E-state index contributed by atoms with van der Waals surface area (Å²) in [4.78, 5) is 21.2. The number of pyridine rings is 1. The van der Waals surface area contributed by atoms with Crippen molar-refractivity contribution >= 4 is 5.91 Å². The van der Waals surface area contributed by atoms with Crippen LogP contribution in [0.25, 0.3) is 0 Å². The largest absolute Gasteiger partial charge is 0.339 e. The van der Waals surface area contributed by atoms with E-state index in [4.69, 9.17) is 5.26 Å². The molecule has 6 heteroatoms.